The zero-order valence-corrected chi connectivity index (χ0v) is 12.7. The smallest absolute Gasteiger partial charge is 0.320 e. The monoisotopic (exact) mass is 387 g/mol. The van der Waals surface area contributed by atoms with Gasteiger partial charge in [0, 0.05) is 9.49 Å². The molecular formula is C12H14IN5O2. The molecule has 1 unspecified atom stereocenters. The van der Waals surface area contributed by atoms with E-state index in [2.05, 4.69) is 43.2 Å². The molecule has 0 spiro atoms. The molecule has 0 radical (unpaired) electrons. The molecule has 0 amide bonds. The molecule has 106 valence electrons. The number of H-pyrrole nitrogens is 1. The zero-order valence-electron chi connectivity index (χ0n) is 10.5. The van der Waals surface area contributed by atoms with E-state index in [9.17, 15) is 4.79 Å². The van der Waals surface area contributed by atoms with Crippen LogP contribution in [-0.4, -0.2) is 37.7 Å². The fraction of sp³-hybridized carbons (Fsp3) is 0.333. The maximum atomic E-state index is 10.9. The van der Waals surface area contributed by atoms with Gasteiger partial charge in [0.2, 0.25) is 0 Å². The van der Waals surface area contributed by atoms with Crippen molar-refractivity contribution in [2.24, 2.45) is 5.73 Å². The number of carboxylic acid groups (broad SMARTS) is 1. The number of aromatic nitrogens is 4. The molecule has 1 aromatic carbocycles. The van der Waals surface area contributed by atoms with Crippen molar-refractivity contribution >= 4 is 28.6 Å². The Morgan fingerprint density at radius 3 is 2.65 bits per heavy atom. The van der Waals surface area contributed by atoms with Gasteiger partial charge in [0.05, 0.1) is 0 Å². The van der Waals surface area contributed by atoms with Crippen molar-refractivity contribution < 1.29 is 9.90 Å². The molecule has 2 atom stereocenters. The van der Waals surface area contributed by atoms with Crippen molar-refractivity contribution in [3.63, 3.8) is 0 Å². The fourth-order valence-electron chi connectivity index (χ4n) is 1.94. The lowest BCUT2D eigenvalue weighted by Crippen LogP contribution is -2.32. The zero-order chi connectivity index (χ0) is 14.5. The maximum absolute atomic E-state index is 10.9. The molecule has 4 N–H and O–H groups in total. The summed E-state index contributed by atoms with van der Waals surface area (Å²) < 4.78 is 1.14. The van der Waals surface area contributed by atoms with Gasteiger partial charge >= 0.3 is 5.97 Å². The molecule has 1 heterocycles. The molecule has 2 rings (SSSR count). The molecule has 0 aliphatic rings. The molecule has 0 fully saturated rings. The minimum atomic E-state index is -1.02. The van der Waals surface area contributed by atoms with E-state index in [0.29, 0.717) is 12.2 Å². The van der Waals surface area contributed by atoms with Crippen molar-refractivity contribution in [2.45, 2.75) is 24.8 Å². The first-order valence-electron chi connectivity index (χ1n) is 6.02. The van der Waals surface area contributed by atoms with E-state index in [1.54, 1.807) is 0 Å². The van der Waals surface area contributed by atoms with E-state index < -0.39 is 12.0 Å². The third-order valence-electron chi connectivity index (χ3n) is 3.00. The Morgan fingerprint density at radius 2 is 2.10 bits per heavy atom. The van der Waals surface area contributed by atoms with E-state index in [-0.39, 0.29) is 12.3 Å². The lowest BCUT2D eigenvalue weighted by atomic mass is 9.92. The SMILES string of the molecule is N[C@@H](CC(Cc1ccc(I)cc1)c1nnn[nH]1)C(=O)O. The Labute approximate surface area is 129 Å². The summed E-state index contributed by atoms with van der Waals surface area (Å²) in [6.07, 6.45) is 0.910. The summed E-state index contributed by atoms with van der Waals surface area (Å²) in [5, 5.41) is 22.6. The lowest BCUT2D eigenvalue weighted by Gasteiger charge is -2.16. The number of hydrogen-bond donors (Lipinski definition) is 3. The number of rotatable bonds is 6. The molecule has 7 nitrogen and oxygen atoms in total. The van der Waals surface area contributed by atoms with Gasteiger partial charge in [-0.15, -0.1) is 5.10 Å². The number of hydrogen-bond acceptors (Lipinski definition) is 5. The predicted molar refractivity (Wildman–Crippen MR) is 80.0 cm³/mol. The number of nitrogens with one attached hydrogen (secondary N) is 1. The van der Waals surface area contributed by atoms with E-state index in [1.807, 2.05) is 24.3 Å². The largest absolute Gasteiger partial charge is 0.480 e. The van der Waals surface area contributed by atoms with Crippen LogP contribution in [0.2, 0.25) is 0 Å². The maximum Gasteiger partial charge on any atom is 0.320 e. The quantitative estimate of drug-likeness (QED) is 0.635. The molecule has 0 saturated carbocycles. The molecule has 0 aliphatic heterocycles. The highest BCUT2D eigenvalue weighted by Gasteiger charge is 2.23. The van der Waals surface area contributed by atoms with E-state index in [1.165, 1.54) is 0 Å². The number of aliphatic carboxylic acids is 1. The van der Waals surface area contributed by atoms with Gasteiger partial charge in [0.25, 0.3) is 0 Å². The van der Waals surface area contributed by atoms with Gasteiger partial charge in [-0.2, -0.15) is 0 Å². The number of benzene rings is 1. The van der Waals surface area contributed by atoms with Crippen molar-refractivity contribution in [3.05, 3.63) is 39.2 Å². The number of nitrogens with two attached hydrogens (primary N) is 1. The number of aromatic amines is 1. The average Bonchev–Trinajstić information content (AvgIpc) is 2.94. The van der Waals surface area contributed by atoms with Crippen LogP contribution in [0.15, 0.2) is 24.3 Å². The molecule has 20 heavy (non-hydrogen) atoms. The van der Waals surface area contributed by atoms with Crippen molar-refractivity contribution in [1.29, 1.82) is 0 Å². The third-order valence-corrected chi connectivity index (χ3v) is 3.72. The predicted octanol–water partition coefficient (Wildman–Crippen LogP) is 0.933. The number of carbonyl (C=O) groups is 1. The first-order chi connectivity index (χ1) is 9.56. The van der Waals surface area contributed by atoms with Crippen LogP contribution in [0.4, 0.5) is 0 Å². The third kappa shape index (κ3) is 3.97. The van der Waals surface area contributed by atoms with E-state index >= 15 is 0 Å². The first-order valence-corrected chi connectivity index (χ1v) is 7.10. The second-order valence-corrected chi connectivity index (χ2v) is 5.74. The van der Waals surface area contributed by atoms with Crippen molar-refractivity contribution in [1.82, 2.24) is 20.6 Å². The van der Waals surface area contributed by atoms with E-state index in [0.717, 1.165) is 9.13 Å². The molecule has 1 aromatic heterocycles. The summed E-state index contributed by atoms with van der Waals surface area (Å²) in [5.41, 5.74) is 6.71. The molecule has 0 bridgehead atoms. The average molecular weight is 387 g/mol. The Balaban J connectivity index is 2.14. The van der Waals surface area contributed by atoms with Crippen LogP contribution in [0.5, 0.6) is 0 Å². The van der Waals surface area contributed by atoms with E-state index in [4.69, 9.17) is 10.8 Å². The summed E-state index contributed by atoms with van der Waals surface area (Å²) in [6, 6.07) is 7.08. The van der Waals surface area contributed by atoms with Gasteiger partial charge in [0.1, 0.15) is 6.04 Å². The van der Waals surface area contributed by atoms with Crippen LogP contribution in [-0.2, 0) is 11.2 Å². The van der Waals surface area contributed by atoms with Crippen molar-refractivity contribution in [2.75, 3.05) is 0 Å². The second-order valence-electron chi connectivity index (χ2n) is 4.49. The molecule has 2 aromatic rings. The summed E-state index contributed by atoms with van der Waals surface area (Å²) in [4.78, 5) is 10.9. The van der Waals surface area contributed by atoms with Crippen LogP contribution >= 0.6 is 22.6 Å². The highest BCUT2D eigenvalue weighted by molar-refractivity contribution is 14.1. The normalized spacial score (nSPS) is 13.9. The van der Waals surface area contributed by atoms with Gasteiger partial charge in [-0.3, -0.25) is 4.79 Å². The molecular weight excluding hydrogens is 373 g/mol. The Morgan fingerprint density at radius 1 is 1.40 bits per heavy atom. The summed E-state index contributed by atoms with van der Waals surface area (Å²) in [6.45, 7) is 0. The summed E-state index contributed by atoms with van der Waals surface area (Å²) >= 11 is 2.23. The molecule has 8 heteroatoms. The van der Waals surface area contributed by atoms with Gasteiger partial charge in [0.15, 0.2) is 5.82 Å². The highest BCUT2D eigenvalue weighted by Crippen LogP contribution is 2.22. The van der Waals surface area contributed by atoms with Crippen LogP contribution < -0.4 is 5.73 Å². The van der Waals surface area contributed by atoms with Gasteiger partial charge in [-0.25, -0.2) is 5.10 Å². The lowest BCUT2D eigenvalue weighted by molar-refractivity contribution is -0.138. The van der Waals surface area contributed by atoms with Crippen LogP contribution in [0.3, 0.4) is 0 Å². The number of tetrazole rings is 1. The van der Waals surface area contributed by atoms with Gasteiger partial charge in [-0.05, 0) is 63.6 Å². The van der Waals surface area contributed by atoms with Gasteiger partial charge in [-0.1, -0.05) is 12.1 Å². The Kier molecular flexibility index (Phi) is 5.01. The minimum absolute atomic E-state index is 0.156. The van der Waals surface area contributed by atoms with Crippen molar-refractivity contribution in [3.8, 4) is 0 Å². The number of nitrogens with zero attached hydrogens (tertiary/aromatic N) is 3. The van der Waals surface area contributed by atoms with Crippen LogP contribution in [0, 0.1) is 3.57 Å². The fourth-order valence-corrected chi connectivity index (χ4v) is 2.30. The number of carboxylic acids is 1. The van der Waals surface area contributed by atoms with Crippen LogP contribution in [0.25, 0.3) is 0 Å². The summed E-state index contributed by atoms with van der Waals surface area (Å²) in [7, 11) is 0. The second kappa shape index (κ2) is 6.75. The van der Waals surface area contributed by atoms with Gasteiger partial charge < -0.3 is 10.8 Å². The highest BCUT2D eigenvalue weighted by atomic mass is 127. The molecule has 0 saturated heterocycles. The topological polar surface area (TPSA) is 118 Å². The Hall–Kier alpha value is -1.55. The molecule has 0 aliphatic carbocycles. The number of halogens is 1. The standard InChI is InChI=1S/C12H14IN5O2/c13-9-3-1-7(2-4-9)5-8(6-10(14)12(19)20)11-15-17-18-16-11/h1-4,8,10H,5-6,14H2,(H,19,20)(H,15,16,17,18)/t8?,10-/m0/s1. The summed E-state index contributed by atoms with van der Waals surface area (Å²) in [5.74, 6) is -0.624. The first kappa shape index (κ1) is 14.9. The minimum Gasteiger partial charge on any atom is -0.480 e. The van der Waals surface area contributed by atoms with Crippen LogP contribution in [0.1, 0.15) is 23.7 Å². The Bertz CT molecular complexity index is 558.